The molecule has 0 bridgehead atoms. The second-order valence-corrected chi connectivity index (χ2v) is 7.36. The van der Waals surface area contributed by atoms with Gasteiger partial charge in [-0.15, -0.1) is 11.3 Å². The second-order valence-electron chi connectivity index (χ2n) is 5.28. The van der Waals surface area contributed by atoms with Gasteiger partial charge in [0.15, 0.2) is 4.34 Å². The number of fused-ring (bicyclic) bond motifs is 1. The van der Waals surface area contributed by atoms with Crippen LogP contribution in [0.15, 0.2) is 22.5 Å². The highest BCUT2D eigenvalue weighted by molar-refractivity contribution is 8.00. The molecule has 7 heteroatoms. The van der Waals surface area contributed by atoms with Gasteiger partial charge in [-0.25, -0.2) is 4.98 Å². The number of nitrogens with zero attached hydrogens (tertiary/aromatic N) is 1. The van der Waals surface area contributed by atoms with Crippen molar-refractivity contribution in [3.63, 3.8) is 0 Å². The standard InChI is InChI=1S/C14H16N2O3S2/c1-14(2,12(18)19)7-11(17)15-8-4-5-9-10(6-8)21-13(16-9)20-3/h4-6H,7H2,1-3H3,(H,15,17)(H,18,19). The highest BCUT2D eigenvalue weighted by Gasteiger charge is 2.30. The molecule has 1 amide bonds. The maximum absolute atomic E-state index is 11.9. The van der Waals surface area contributed by atoms with E-state index in [9.17, 15) is 9.59 Å². The number of anilines is 1. The van der Waals surface area contributed by atoms with E-state index >= 15 is 0 Å². The highest BCUT2D eigenvalue weighted by atomic mass is 32.2. The van der Waals surface area contributed by atoms with Gasteiger partial charge in [-0.1, -0.05) is 11.8 Å². The van der Waals surface area contributed by atoms with E-state index in [0.29, 0.717) is 5.69 Å². The lowest BCUT2D eigenvalue weighted by Gasteiger charge is -2.18. The van der Waals surface area contributed by atoms with Crippen LogP contribution in [0.1, 0.15) is 20.3 Å². The van der Waals surface area contributed by atoms with Gasteiger partial charge in [0, 0.05) is 12.1 Å². The third-order valence-electron chi connectivity index (χ3n) is 3.01. The number of carbonyl (C=O) groups excluding carboxylic acids is 1. The molecular formula is C14H16N2O3S2. The zero-order valence-corrected chi connectivity index (χ0v) is 13.6. The minimum Gasteiger partial charge on any atom is -0.481 e. The van der Waals surface area contributed by atoms with Crippen LogP contribution in [0.5, 0.6) is 0 Å². The lowest BCUT2D eigenvalue weighted by atomic mass is 9.89. The summed E-state index contributed by atoms with van der Waals surface area (Å²) in [7, 11) is 0. The predicted octanol–water partition coefficient (Wildman–Crippen LogP) is 3.46. The summed E-state index contributed by atoms with van der Waals surface area (Å²) in [5.41, 5.74) is 0.475. The maximum atomic E-state index is 11.9. The molecule has 1 aromatic carbocycles. The summed E-state index contributed by atoms with van der Waals surface area (Å²) in [6.45, 7) is 3.07. The lowest BCUT2D eigenvalue weighted by molar-refractivity contribution is -0.148. The van der Waals surface area contributed by atoms with Gasteiger partial charge in [0.2, 0.25) is 5.91 Å². The molecule has 1 heterocycles. The average molecular weight is 324 g/mol. The number of rotatable bonds is 5. The molecule has 0 radical (unpaired) electrons. The largest absolute Gasteiger partial charge is 0.481 e. The van der Waals surface area contributed by atoms with Crippen molar-refractivity contribution in [3.05, 3.63) is 18.2 Å². The Kier molecular flexibility index (Phi) is 4.53. The van der Waals surface area contributed by atoms with Crippen molar-refractivity contribution < 1.29 is 14.7 Å². The van der Waals surface area contributed by atoms with Gasteiger partial charge in [0.1, 0.15) is 0 Å². The molecule has 21 heavy (non-hydrogen) atoms. The van der Waals surface area contributed by atoms with Crippen molar-refractivity contribution in [3.8, 4) is 0 Å². The van der Waals surface area contributed by atoms with E-state index in [-0.39, 0.29) is 12.3 Å². The van der Waals surface area contributed by atoms with Gasteiger partial charge >= 0.3 is 5.97 Å². The van der Waals surface area contributed by atoms with Crippen molar-refractivity contribution >= 4 is 50.9 Å². The Morgan fingerprint density at radius 3 is 2.76 bits per heavy atom. The summed E-state index contributed by atoms with van der Waals surface area (Å²) in [4.78, 5) is 27.4. The number of hydrogen-bond acceptors (Lipinski definition) is 5. The number of nitrogens with one attached hydrogen (secondary N) is 1. The number of thioether (sulfide) groups is 1. The molecule has 5 nitrogen and oxygen atoms in total. The van der Waals surface area contributed by atoms with Crippen molar-refractivity contribution in [2.24, 2.45) is 5.41 Å². The third-order valence-corrected chi connectivity index (χ3v) is 5.01. The van der Waals surface area contributed by atoms with Crippen molar-refractivity contribution in [1.29, 1.82) is 0 Å². The third kappa shape index (κ3) is 3.74. The zero-order valence-electron chi connectivity index (χ0n) is 12.0. The first kappa shape index (κ1) is 15.8. The number of carboxylic acids is 1. The van der Waals surface area contributed by atoms with Crippen LogP contribution in [-0.4, -0.2) is 28.2 Å². The van der Waals surface area contributed by atoms with Crippen LogP contribution in [0.3, 0.4) is 0 Å². The molecule has 0 fully saturated rings. The lowest BCUT2D eigenvalue weighted by Crippen LogP contribution is -2.29. The van der Waals surface area contributed by atoms with Crippen LogP contribution >= 0.6 is 23.1 Å². The Morgan fingerprint density at radius 1 is 1.43 bits per heavy atom. The molecule has 0 saturated carbocycles. The first-order chi connectivity index (χ1) is 9.81. The smallest absolute Gasteiger partial charge is 0.309 e. The molecule has 0 saturated heterocycles. The summed E-state index contributed by atoms with van der Waals surface area (Å²) >= 11 is 3.14. The summed E-state index contributed by atoms with van der Waals surface area (Å²) in [5.74, 6) is -1.29. The van der Waals surface area contributed by atoms with E-state index in [4.69, 9.17) is 5.11 Å². The topological polar surface area (TPSA) is 79.3 Å². The molecule has 2 N–H and O–H groups in total. The summed E-state index contributed by atoms with van der Waals surface area (Å²) in [6.07, 6.45) is 1.90. The predicted molar refractivity (Wildman–Crippen MR) is 86.1 cm³/mol. The molecular weight excluding hydrogens is 308 g/mol. The molecule has 0 atom stereocenters. The SMILES string of the molecule is CSc1nc2ccc(NC(=O)CC(C)(C)C(=O)O)cc2s1. The number of aliphatic carboxylic acids is 1. The van der Waals surface area contributed by atoms with Crippen molar-refractivity contribution in [1.82, 2.24) is 4.98 Å². The van der Waals surface area contributed by atoms with Crippen molar-refractivity contribution in [2.45, 2.75) is 24.6 Å². The number of carbonyl (C=O) groups is 2. The molecule has 112 valence electrons. The first-order valence-corrected chi connectivity index (χ1v) is 8.34. The number of thiazole rings is 1. The Labute approximate surface area is 130 Å². The van der Waals surface area contributed by atoms with Crippen LogP contribution in [0.25, 0.3) is 10.2 Å². The molecule has 2 aromatic rings. The molecule has 0 unspecified atom stereocenters. The monoisotopic (exact) mass is 324 g/mol. The van der Waals surface area contributed by atoms with Crippen LogP contribution < -0.4 is 5.32 Å². The number of amides is 1. The Morgan fingerprint density at radius 2 is 2.14 bits per heavy atom. The Balaban J connectivity index is 2.12. The number of carboxylic acid groups (broad SMARTS) is 1. The van der Waals surface area contributed by atoms with Crippen LogP contribution in [0.4, 0.5) is 5.69 Å². The quantitative estimate of drug-likeness (QED) is 0.823. The molecule has 0 aliphatic rings. The number of hydrogen-bond donors (Lipinski definition) is 2. The van der Waals surface area contributed by atoms with E-state index in [0.717, 1.165) is 14.6 Å². The number of benzene rings is 1. The molecule has 0 spiro atoms. The molecule has 2 rings (SSSR count). The average Bonchev–Trinajstić information content (AvgIpc) is 2.79. The van der Waals surface area contributed by atoms with Gasteiger partial charge in [-0.2, -0.15) is 0 Å². The van der Waals surface area contributed by atoms with Gasteiger partial charge in [0.05, 0.1) is 15.6 Å². The molecule has 1 aromatic heterocycles. The van der Waals surface area contributed by atoms with Crippen molar-refractivity contribution in [2.75, 3.05) is 11.6 Å². The minimum atomic E-state index is -1.08. The minimum absolute atomic E-state index is 0.0703. The molecule has 0 aliphatic carbocycles. The summed E-state index contributed by atoms with van der Waals surface area (Å²) in [5, 5.41) is 11.8. The second kappa shape index (κ2) is 6.03. The van der Waals surface area contributed by atoms with E-state index in [1.165, 1.54) is 13.8 Å². The fourth-order valence-electron chi connectivity index (χ4n) is 1.75. The van der Waals surface area contributed by atoms with Crippen LogP contribution in [0.2, 0.25) is 0 Å². The number of aromatic nitrogens is 1. The van der Waals surface area contributed by atoms with Gasteiger partial charge in [-0.3, -0.25) is 9.59 Å². The van der Waals surface area contributed by atoms with Gasteiger partial charge in [-0.05, 0) is 38.3 Å². The van der Waals surface area contributed by atoms with Crippen LogP contribution in [0, 0.1) is 5.41 Å². The first-order valence-electron chi connectivity index (χ1n) is 6.29. The zero-order chi connectivity index (χ0) is 15.6. The van der Waals surface area contributed by atoms with E-state index in [1.54, 1.807) is 29.2 Å². The molecule has 0 aliphatic heterocycles. The summed E-state index contributed by atoms with van der Waals surface area (Å²) in [6, 6.07) is 5.49. The Hall–Kier alpha value is -1.60. The Bertz CT molecular complexity index is 695. The fourth-order valence-corrected chi connectivity index (χ4v) is 3.28. The van der Waals surface area contributed by atoms with Crippen LogP contribution in [-0.2, 0) is 9.59 Å². The van der Waals surface area contributed by atoms with E-state index in [1.807, 2.05) is 18.4 Å². The van der Waals surface area contributed by atoms with E-state index < -0.39 is 11.4 Å². The van der Waals surface area contributed by atoms with Gasteiger partial charge < -0.3 is 10.4 Å². The maximum Gasteiger partial charge on any atom is 0.309 e. The fraction of sp³-hybridized carbons (Fsp3) is 0.357. The normalized spacial score (nSPS) is 11.6. The summed E-state index contributed by atoms with van der Waals surface area (Å²) < 4.78 is 1.97. The highest BCUT2D eigenvalue weighted by Crippen LogP contribution is 2.30. The van der Waals surface area contributed by atoms with E-state index in [2.05, 4.69) is 10.3 Å². The van der Waals surface area contributed by atoms with Gasteiger partial charge in [0.25, 0.3) is 0 Å².